The van der Waals surface area contributed by atoms with E-state index in [4.69, 9.17) is 0 Å². The maximum Gasteiger partial charge on any atom is 0.263 e. The first-order valence-corrected chi connectivity index (χ1v) is 8.70. The van der Waals surface area contributed by atoms with Gasteiger partial charge in [-0.2, -0.15) is 0 Å². The quantitative estimate of drug-likeness (QED) is 0.763. The number of thiazole rings is 1. The van der Waals surface area contributed by atoms with Crippen LogP contribution < -0.4 is 10.9 Å². The van der Waals surface area contributed by atoms with Gasteiger partial charge in [0.05, 0.1) is 12.0 Å². The first kappa shape index (κ1) is 17.0. The van der Waals surface area contributed by atoms with Crippen LogP contribution in [0.2, 0.25) is 0 Å². The summed E-state index contributed by atoms with van der Waals surface area (Å²) in [5.41, 5.74) is 2.25. The predicted octanol–water partition coefficient (Wildman–Crippen LogP) is 2.41. The van der Waals surface area contributed by atoms with E-state index < -0.39 is 0 Å². The molecule has 3 aromatic rings. The van der Waals surface area contributed by atoms with Crippen LogP contribution in [0.25, 0.3) is 10.6 Å². The van der Waals surface area contributed by atoms with Crippen molar-refractivity contribution in [3.8, 4) is 10.6 Å². The minimum Gasteiger partial charge on any atom is -0.349 e. The van der Waals surface area contributed by atoms with E-state index in [1.54, 1.807) is 6.92 Å². The topological polar surface area (TPSA) is 76.9 Å². The molecule has 0 aliphatic heterocycles. The molecule has 0 radical (unpaired) electrons. The number of carbonyl (C=O) groups is 1. The zero-order valence-corrected chi connectivity index (χ0v) is 14.8. The Morgan fingerprint density at radius 2 is 2.00 bits per heavy atom. The fourth-order valence-electron chi connectivity index (χ4n) is 2.37. The lowest BCUT2D eigenvalue weighted by atomic mass is 10.2. The van der Waals surface area contributed by atoms with E-state index in [0.717, 1.165) is 10.6 Å². The molecule has 2 heterocycles. The van der Waals surface area contributed by atoms with E-state index in [1.807, 2.05) is 37.3 Å². The monoisotopic (exact) mass is 354 g/mol. The van der Waals surface area contributed by atoms with Crippen molar-refractivity contribution < 1.29 is 4.79 Å². The number of carbonyl (C=O) groups excluding carboxylic acids is 1. The van der Waals surface area contributed by atoms with Crippen LogP contribution in [0.15, 0.2) is 47.5 Å². The number of amides is 1. The van der Waals surface area contributed by atoms with Crippen molar-refractivity contribution in [2.75, 3.05) is 6.54 Å². The van der Waals surface area contributed by atoms with Crippen molar-refractivity contribution in [1.29, 1.82) is 0 Å². The molecule has 1 N–H and O–H groups in total. The van der Waals surface area contributed by atoms with Crippen LogP contribution in [-0.4, -0.2) is 27.0 Å². The molecular formula is C18H18N4O2S. The molecule has 0 aliphatic rings. The van der Waals surface area contributed by atoms with Crippen LogP contribution in [0.3, 0.4) is 0 Å². The van der Waals surface area contributed by atoms with E-state index in [-0.39, 0.29) is 11.5 Å². The molecule has 0 spiro atoms. The summed E-state index contributed by atoms with van der Waals surface area (Å²) in [7, 11) is 0. The summed E-state index contributed by atoms with van der Waals surface area (Å²) in [4.78, 5) is 33.4. The van der Waals surface area contributed by atoms with Crippen LogP contribution in [-0.2, 0) is 6.54 Å². The Bertz CT molecular complexity index is 947. The van der Waals surface area contributed by atoms with Crippen LogP contribution in [0.1, 0.15) is 21.1 Å². The first-order chi connectivity index (χ1) is 12.0. The number of aromatic nitrogens is 3. The van der Waals surface area contributed by atoms with E-state index >= 15 is 0 Å². The van der Waals surface area contributed by atoms with Crippen molar-refractivity contribution >= 4 is 17.2 Å². The third-order valence-corrected chi connectivity index (χ3v) is 4.88. The molecule has 0 aliphatic carbocycles. The molecule has 0 atom stereocenters. The second-order valence-electron chi connectivity index (χ2n) is 5.62. The zero-order chi connectivity index (χ0) is 17.8. The number of nitrogens with one attached hydrogen (secondary N) is 1. The standard InChI is InChI=1S/C18H18N4O2S/c1-12-10-15(23)22(11-20-12)9-8-19-17(24)16-13(2)21-18(25-16)14-6-4-3-5-7-14/h3-7,10-11H,8-9H2,1-2H3,(H,19,24). The smallest absolute Gasteiger partial charge is 0.263 e. The zero-order valence-electron chi connectivity index (χ0n) is 14.0. The van der Waals surface area contributed by atoms with Crippen molar-refractivity contribution in [2.24, 2.45) is 0 Å². The van der Waals surface area contributed by atoms with Gasteiger partial charge in [0.1, 0.15) is 9.88 Å². The molecule has 0 saturated carbocycles. The summed E-state index contributed by atoms with van der Waals surface area (Å²) in [6, 6.07) is 11.2. The van der Waals surface area contributed by atoms with Crippen molar-refractivity contribution in [3.05, 3.63) is 69.3 Å². The lowest BCUT2D eigenvalue weighted by Crippen LogP contribution is -2.30. The maximum atomic E-state index is 12.4. The second-order valence-corrected chi connectivity index (χ2v) is 6.62. The Kier molecular flexibility index (Phi) is 5.04. The van der Waals surface area contributed by atoms with E-state index in [9.17, 15) is 9.59 Å². The maximum absolute atomic E-state index is 12.4. The molecule has 6 nitrogen and oxygen atoms in total. The minimum absolute atomic E-state index is 0.123. The molecule has 0 unspecified atom stereocenters. The Hall–Kier alpha value is -2.80. The van der Waals surface area contributed by atoms with Gasteiger partial charge >= 0.3 is 0 Å². The average Bonchev–Trinajstić information content (AvgIpc) is 2.99. The summed E-state index contributed by atoms with van der Waals surface area (Å²) in [6.07, 6.45) is 1.50. The van der Waals surface area contributed by atoms with Gasteiger partial charge in [0.2, 0.25) is 0 Å². The van der Waals surface area contributed by atoms with E-state index in [2.05, 4.69) is 15.3 Å². The highest BCUT2D eigenvalue weighted by Crippen LogP contribution is 2.27. The number of rotatable bonds is 5. The van der Waals surface area contributed by atoms with Gasteiger partial charge in [-0.1, -0.05) is 30.3 Å². The highest BCUT2D eigenvalue weighted by molar-refractivity contribution is 7.17. The molecule has 0 saturated heterocycles. The molecule has 1 amide bonds. The van der Waals surface area contributed by atoms with Crippen molar-refractivity contribution in [1.82, 2.24) is 19.9 Å². The fourth-order valence-corrected chi connectivity index (χ4v) is 3.35. The normalized spacial score (nSPS) is 10.6. The summed E-state index contributed by atoms with van der Waals surface area (Å²) < 4.78 is 1.47. The molecule has 128 valence electrons. The number of nitrogens with zero attached hydrogens (tertiary/aromatic N) is 3. The van der Waals surface area contributed by atoms with E-state index in [0.29, 0.717) is 29.4 Å². The summed E-state index contributed by atoms with van der Waals surface area (Å²) in [6.45, 7) is 4.32. The molecule has 3 rings (SSSR count). The fraction of sp³-hybridized carbons (Fsp3) is 0.222. The number of hydrogen-bond acceptors (Lipinski definition) is 5. The summed E-state index contributed by atoms with van der Waals surface area (Å²) in [5, 5.41) is 3.66. The molecule has 25 heavy (non-hydrogen) atoms. The van der Waals surface area contributed by atoms with Gasteiger partial charge in [0.25, 0.3) is 11.5 Å². The number of hydrogen-bond donors (Lipinski definition) is 1. The van der Waals surface area contributed by atoms with Crippen LogP contribution in [0.4, 0.5) is 0 Å². The Balaban J connectivity index is 1.65. The van der Waals surface area contributed by atoms with Gasteiger partial charge in [0.15, 0.2) is 0 Å². The molecule has 0 bridgehead atoms. The molecule has 0 fully saturated rings. The predicted molar refractivity (Wildman–Crippen MR) is 97.9 cm³/mol. The largest absolute Gasteiger partial charge is 0.349 e. The number of benzene rings is 1. The second kappa shape index (κ2) is 7.40. The third kappa shape index (κ3) is 4.00. The summed E-state index contributed by atoms with van der Waals surface area (Å²) in [5.74, 6) is -0.176. The molecule has 1 aromatic carbocycles. The first-order valence-electron chi connectivity index (χ1n) is 7.89. The molecule has 7 heteroatoms. The van der Waals surface area contributed by atoms with Gasteiger partial charge in [-0.3, -0.25) is 14.2 Å². The van der Waals surface area contributed by atoms with Gasteiger partial charge in [0, 0.05) is 30.4 Å². The minimum atomic E-state index is -0.176. The average molecular weight is 354 g/mol. The molecular weight excluding hydrogens is 336 g/mol. The van der Waals surface area contributed by atoms with Gasteiger partial charge in [-0.15, -0.1) is 11.3 Å². The van der Waals surface area contributed by atoms with Gasteiger partial charge < -0.3 is 5.32 Å². The van der Waals surface area contributed by atoms with Crippen molar-refractivity contribution in [3.63, 3.8) is 0 Å². The Morgan fingerprint density at radius 1 is 1.24 bits per heavy atom. The summed E-state index contributed by atoms with van der Waals surface area (Å²) >= 11 is 1.37. The van der Waals surface area contributed by atoms with Crippen LogP contribution in [0, 0.1) is 13.8 Å². The third-order valence-electron chi connectivity index (χ3n) is 3.68. The lowest BCUT2D eigenvalue weighted by Gasteiger charge is -2.06. The number of aryl methyl sites for hydroxylation is 2. The van der Waals surface area contributed by atoms with E-state index in [1.165, 1.54) is 28.3 Å². The van der Waals surface area contributed by atoms with Crippen molar-refractivity contribution in [2.45, 2.75) is 20.4 Å². The van der Waals surface area contributed by atoms with Gasteiger partial charge in [-0.25, -0.2) is 9.97 Å². The van der Waals surface area contributed by atoms with Gasteiger partial charge in [-0.05, 0) is 13.8 Å². The van der Waals surface area contributed by atoms with Crippen LogP contribution in [0.5, 0.6) is 0 Å². The Morgan fingerprint density at radius 3 is 2.72 bits per heavy atom. The Labute approximate surface area is 149 Å². The van der Waals surface area contributed by atoms with Crippen LogP contribution >= 0.6 is 11.3 Å². The highest BCUT2D eigenvalue weighted by atomic mass is 32.1. The molecule has 2 aromatic heterocycles. The SMILES string of the molecule is Cc1cc(=O)n(CCNC(=O)c2sc(-c3ccccc3)nc2C)cn1. The highest BCUT2D eigenvalue weighted by Gasteiger charge is 2.15. The lowest BCUT2D eigenvalue weighted by molar-refractivity contribution is 0.0955.